The lowest BCUT2D eigenvalue weighted by atomic mass is 10.2. The minimum atomic E-state index is -0.796. The zero-order valence-electron chi connectivity index (χ0n) is 11.4. The summed E-state index contributed by atoms with van der Waals surface area (Å²) in [5.74, 6) is -1.06. The molecule has 6 heteroatoms. The van der Waals surface area contributed by atoms with Gasteiger partial charge in [-0.25, -0.2) is 4.79 Å². The molecule has 0 saturated heterocycles. The molecule has 1 rings (SSSR count). The number of rotatable bonds is 3. The van der Waals surface area contributed by atoms with Crippen molar-refractivity contribution in [1.29, 1.82) is 0 Å². The van der Waals surface area contributed by atoms with Crippen molar-refractivity contribution in [2.75, 3.05) is 0 Å². The molecule has 1 atom stereocenters. The molecule has 0 aliphatic carbocycles. The fourth-order valence-corrected chi connectivity index (χ4v) is 1.30. The molecule has 1 aromatic heterocycles. The van der Waals surface area contributed by atoms with Gasteiger partial charge in [-0.2, -0.15) is 0 Å². The SMILES string of the molecule is C[C@@H](NC(=O)c1cccc(=O)[nH]1)C(=O)OC(C)(C)C. The normalized spacial score (nSPS) is 12.6. The highest BCUT2D eigenvalue weighted by atomic mass is 16.6. The van der Waals surface area contributed by atoms with E-state index < -0.39 is 23.5 Å². The first kappa shape index (κ1) is 14.9. The third-order valence-electron chi connectivity index (χ3n) is 2.12. The summed E-state index contributed by atoms with van der Waals surface area (Å²) in [6.07, 6.45) is 0. The summed E-state index contributed by atoms with van der Waals surface area (Å²) in [4.78, 5) is 36.9. The van der Waals surface area contributed by atoms with Gasteiger partial charge in [-0.15, -0.1) is 0 Å². The Kier molecular flexibility index (Phi) is 4.47. The Hall–Kier alpha value is -2.11. The second-order valence-corrected chi connectivity index (χ2v) is 5.16. The molecule has 0 aromatic carbocycles. The molecule has 0 aliphatic heterocycles. The Bertz CT molecular complexity index is 528. The Morgan fingerprint density at radius 2 is 1.95 bits per heavy atom. The van der Waals surface area contributed by atoms with Crippen LogP contribution in [0.2, 0.25) is 0 Å². The van der Waals surface area contributed by atoms with Gasteiger partial charge < -0.3 is 15.0 Å². The van der Waals surface area contributed by atoms with Gasteiger partial charge in [0.15, 0.2) is 0 Å². The van der Waals surface area contributed by atoms with E-state index in [1.165, 1.54) is 25.1 Å². The fourth-order valence-electron chi connectivity index (χ4n) is 1.30. The number of hydrogen-bond donors (Lipinski definition) is 2. The Morgan fingerprint density at radius 1 is 1.32 bits per heavy atom. The lowest BCUT2D eigenvalue weighted by Crippen LogP contribution is -2.42. The maximum Gasteiger partial charge on any atom is 0.328 e. The number of hydrogen-bond acceptors (Lipinski definition) is 4. The van der Waals surface area contributed by atoms with Crippen LogP contribution in [0.3, 0.4) is 0 Å². The van der Waals surface area contributed by atoms with Crippen LogP contribution in [-0.4, -0.2) is 28.5 Å². The van der Waals surface area contributed by atoms with Crippen molar-refractivity contribution in [3.05, 3.63) is 34.2 Å². The first-order chi connectivity index (χ1) is 8.69. The Balaban J connectivity index is 2.67. The van der Waals surface area contributed by atoms with Gasteiger partial charge in [-0.1, -0.05) is 6.07 Å². The predicted molar refractivity (Wildman–Crippen MR) is 69.8 cm³/mol. The molecule has 1 heterocycles. The maximum absolute atomic E-state index is 11.8. The molecule has 0 radical (unpaired) electrons. The molecule has 19 heavy (non-hydrogen) atoms. The zero-order chi connectivity index (χ0) is 14.6. The predicted octanol–water partition coefficient (Wildman–Crippen LogP) is 0.835. The summed E-state index contributed by atoms with van der Waals surface area (Å²) >= 11 is 0. The van der Waals surface area contributed by atoms with E-state index in [1.54, 1.807) is 20.8 Å². The average Bonchev–Trinajstić information content (AvgIpc) is 2.26. The van der Waals surface area contributed by atoms with Crippen LogP contribution in [0.1, 0.15) is 38.2 Å². The number of amides is 1. The van der Waals surface area contributed by atoms with E-state index >= 15 is 0 Å². The Morgan fingerprint density at radius 3 is 2.47 bits per heavy atom. The van der Waals surface area contributed by atoms with Gasteiger partial charge in [0, 0.05) is 6.07 Å². The highest BCUT2D eigenvalue weighted by Crippen LogP contribution is 2.08. The number of ether oxygens (including phenoxy) is 1. The van der Waals surface area contributed by atoms with E-state index in [0.29, 0.717) is 0 Å². The van der Waals surface area contributed by atoms with E-state index in [0.717, 1.165) is 0 Å². The van der Waals surface area contributed by atoms with Crippen molar-refractivity contribution < 1.29 is 14.3 Å². The molecular weight excluding hydrogens is 248 g/mol. The third kappa shape index (κ3) is 4.95. The van der Waals surface area contributed by atoms with Gasteiger partial charge in [0.05, 0.1) is 0 Å². The molecule has 0 unspecified atom stereocenters. The molecular formula is C13H18N2O4. The smallest absolute Gasteiger partial charge is 0.328 e. The monoisotopic (exact) mass is 266 g/mol. The highest BCUT2D eigenvalue weighted by Gasteiger charge is 2.23. The zero-order valence-corrected chi connectivity index (χ0v) is 11.4. The van der Waals surface area contributed by atoms with Crippen molar-refractivity contribution in [3.8, 4) is 0 Å². The standard InChI is InChI=1S/C13H18N2O4/c1-8(12(18)19-13(2,3)4)14-11(17)9-6-5-7-10(16)15-9/h5-8H,1-4H3,(H,14,17)(H,15,16)/t8-/m1/s1. The number of aromatic nitrogens is 1. The molecule has 0 bridgehead atoms. The van der Waals surface area contributed by atoms with Crippen LogP contribution in [0.15, 0.2) is 23.0 Å². The number of carbonyl (C=O) groups is 2. The largest absolute Gasteiger partial charge is 0.458 e. The van der Waals surface area contributed by atoms with Gasteiger partial charge in [0.25, 0.3) is 5.91 Å². The second-order valence-electron chi connectivity index (χ2n) is 5.16. The number of carbonyl (C=O) groups excluding carboxylic acids is 2. The number of aromatic amines is 1. The molecule has 0 fully saturated rings. The Labute approximate surface area is 111 Å². The molecule has 0 spiro atoms. The summed E-state index contributed by atoms with van der Waals surface area (Å²) < 4.78 is 5.13. The minimum absolute atomic E-state index is 0.0999. The van der Waals surface area contributed by atoms with Crippen molar-refractivity contribution in [3.63, 3.8) is 0 Å². The summed E-state index contributed by atoms with van der Waals surface area (Å²) in [6.45, 7) is 6.75. The summed E-state index contributed by atoms with van der Waals surface area (Å²) in [5.41, 5.74) is -0.891. The van der Waals surface area contributed by atoms with Crippen molar-refractivity contribution in [1.82, 2.24) is 10.3 Å². The van der Waals surface area contributed by atoms with Gasteiger partial charge in [-0.05, 0) is 33.8 Å². The fraction of sp³-hybridized carbons (Fsp3) is 0.462. The second kappa shape index (κ2) is 5.69. The van der Waals surface area contributed by atoms with Crippen LogP contribution in [0.5, 0.6) is 0 Å². The van der Waals surface area contributed by atoms with E-state index in [4.69, 9.17) is 4.74 Å². The number of nitrogens with one attached hydrogen (secondary N) is 2. The molecule has 0 aliphatic rings. The topological polar surface area (TPSA) is 88.3 Å². The highest BCUT2D eigenvalue weighted by molar-refractivity contribution is 5.95. The van der Waals surface area contributed by atoms with E-state index in [1.807, 2.05) is 0 Å². The molecule has 6 nitrogen and oxygen atoms in total. The number of esters is 1. The molecule has 0 saturated carbocycles. The van der Waals surface area contributed by atoms with E-state index in [-0.39, 0.29) is 11.3 Å². The van der Waals surface area contributed by atoms with Crippen LogP contribution in [-0.2, 0) is 9.53 Å². The first-order valence-corrected chi connectivity index (χ1v) is 5.92. The lowest BCUT2D eigenvalue weighted by Gasteiger charge is -2.22. The van der Waals surface area contributed by atoms with Crippen LogP contribution in [0.4, 0.5) is 0 Å². The molecule has 1 aromatic rings. The number of pyridine rings is 1. The third-order valence-corrected chi connectivity index (χ3v) is 2.12. The summed E-state index contributed by atoms with van der Waals surface area (Å²) in [6, 6.07) is 3.42. The van der Waals surface area contributed by atoms with Crippen LogP contribution >= 0.6 is 0 Å². The maximum atomic E-state index is 11.8. The van der Waals surface area contributed by atoms with Gasteiger partial charge in [0.2, 0.25) is 5.56 Å². The molecule has 1 amide bonds. The summed E-state index contributed by atoms with van der Waals surface area (Å²) in [5, 5.41) is 2.46. The quantitative estimate of drug-likeness (QED) is 0.793. The van der Waals surface area contributed by atoms with Gasteiger partial charge in [-0.3, -0.25) is 9.59 Å². The van der Waals surface area contributed by atoms with E-state index in [9.17, 15) is 14.4 Å². The van der Waals surface area contributed by atoms with Gasteiger partial charge >= 0.3 is 5.97 Å². The van der Waals surface area contributed by atoms with E-state index in [2.05, 4.69) is 10.3 Å². The van der Waals surface area contributed by atoms with Crippen LogP contribution in [0, 0.1) is 0 Å². The van der Waals surface area contributed by atoms with Crippen LogP contribution in [0.25, 0.3) is 0 Å². The minimum Gasteiger partial charge on any atom is -0.458 e. The lowest BCUT2D eigenvalue weighted by molar-refractivity contribution is -0.156. The molecule has 2 N–H and O–H groups in total. The van der Waals surface area contributed by atoms with Crippen molar-refractivity contribution >= 4 is 11.9 Å². The first-order valence-electron chi connectivity index (χ1n) is 5.92. The number of H-pyrrole nitrogens is 1. The van der Waals surface area contributed by atoms with Crippen molar-refractivity contribution in [2.24, 2.45) is 0 Å². The van der Waals surface area contributed by atoms with Crippen LogP contribution < -0.4 is 10.9 Å². The average molecular weight is 266 g/mol. The van der Waals surface area contributed by atoms with Gasteiger partial charge in [0.1, 0.15) is 17.3 Å². The van der Waals surface area contributed by atoms with Crippen molar-refractivity contribution in [2.45, 2.75) is 39.3 Å². The molecule has 104 valence electrons. The summed E-state index contributed by atoms with van der Waals surface area (Å²) in [7, 11) is 0.